The SMILES string of the molecule is Cc1cc(O)c(CN2CCC(NC(=O)c3ccccc3)CC2)cc1C. The van der Waals surface area contributed by atoms with E-state index in [9.17, 15) is 9.90 Å². The van der Waals surface area contributed by atoms with Gasteiger partial charge in [-0.1, -0.05) is 24.3 Å². The molecule has 4 heteroatoms. The first kappa shape index (κ1) is 17.5. The predicted molar refractivity (Wildman–Crippen MR) is 99.8 cm³/mol. The monoisotopic (exact) mass is 338 g/mol. The fourth-order valence-corrected chi connectivity index (χ4v) is 3.32. The normalized spacial score (nSPS) is 15.9. The Hall–Kier alpha value is -2.33. The Morgan fingerprint density at radius 2 is 1.76 bits per heavy atom. The van der Waals surface area contributed by atoms with Gasteiger partial charge in [-0.3, -0.25) is 9.69 Å². The second-order valence-electron chi connectivity index (χ2n) is 6.96. The zero-order valence-corrected chi connectivity index (χ0v) is 15.0. The first-order valence-corrected chi connectivity index (χ1v) is 8.90. The molecule has 0 radical (unpaired) electrons. The largest absolute Gasteiger partial charge is 0.508 e. The van der Waals surface area contributed by atoms with Crippen LogP contribution in [0.5, 0.6) is 5.75 Å². The van der Waals surface area contributed by atoms with Crippen LogP contribution in [-0.4, -0.2) is 35.0 Å². The van der Waals surface area contributed by atoms with Gasteiger partial charge in [0.1, 0.15) is 5.75 Å². The molecule has 0 aliphatic carbocycles. The Bertz CT molecular complexity index is 735. The van der Waals surface area contributed by atoms with Crippen molar-refractivity contribution in [3.63, 3.8) is 0 Å². The smallest absolute Gasteiger partial charge is 0.251 e. The van der Waals surface area contributed by atoms with Gasteiger partial charge < -0.3 is 10.4 Å². The van der Waals surface area contributed by atoms with Crippen LogP contribution in [0.2, 0.25) is 0 Å². The number of phenolic OH excluding ortho intramolecular Hbond substituents is 1. The maximum Gasteiger partial charge on any atom is 0.251 e. The summed E-state index contributed by atoms with van der Waals surface area (Å²) in [5, 5.41) is 13.3. The van der Waals surface area contributed by atoms with Gasteiger partial charge in [0.25, 0.3) is 5.91 Å². The van der Waals surface area contributed by atoms with E-state index >= 15 is 0 Å². The van der Waals surface area contributed by atoms with Crippen LogP contribution < -0.4 is 5.32 Å². The lowest BCUT2D eigenvalue weighted by molar-refractivity contribution is 0.0909. The number of hydrogen-bond acceptors (Lipinski definition) is 3. The van der Waals surface area contributed by atoms with Gasteiger partial charge in [-0.05, 0) is 56.0 Å². The summed E-state index contributed by atoms with van der Waals surface area (Å²) in [4.78, 5) is 14.6. The molecule has 2 aromatic carbocycles. The number of piperidine rings is 1. The number of likely N-dealkylation sites (tertiary alicyclic amines) is 1. The fourth-order valence-electron chi connectivity index (χ4n) is 3.32. The Morgan fingerprint density at radius 3 is 2.44 bits per heavy atom. The second-order valence-corrected chi connectivity index (χ2v) is 6.96. The van der Waals surface area contributed by atoms with E-state index in [1.165, 1.54) is 5.56 Å². The average Bonchev–Trinajstić information content (AvgIpc) is 2.62. The van der Waals surface area contributed by atoms with Crippen molar-refractivity contribution in [1.82, 2.24) is 10.2 Å². The summed E-state index contributed by atoms with van der Waals surface area (Å²) < 4.78 is 0. The molecule has 0 spiro atoms. The molecule has 0 saturated carbocycles. The molecule has 4 nitrogen and oxygen atoms in total. The molecule has 1 amide bonds. The minimum Gasteiger partial charge on any atom is -0.508 e. The van der Waals surface area contributed by atoms with E-state index in [4.69, 9.17) is 0 Å². The van der Waals surface area contributed by atoms with Crippen LogP contribution in [-0.2, 0) is 6.54 Å². The number of amides is 1. The maximum atomic E-state index is 12.2. The number of nitrogens with one attached hydrogen (secondary N) is 1. The third kappa shape index (κ3) is 4.40. The molecule has 1 saturated heterocycles. The van der Waals surface area contributed by atoms with Gasteiger partial charge in [0.2, 0.25) is 0 Å². The first-order valence-electron chi connectivity index (χ1n) is 8.90. The van der Waals surface area contributed by atoms with E-state index in [0.29, 0.717) is 11.3 Å². The maximum absolute atomic E-state index is 12.2. The van der Waals surface area contributed by atoms with Crippen molar-refractivity contribution >= 4 is 5.91 Å². The van der Waals surface area contributed by atoms with Crippen molar-refractivity contribution in [3.05, 3.63) is 64.7 Å². The highest BCUT2D eigenvalue weighted by Crippen LogP contribution is 2.24. The third-order valence-electron chi connectivity index (χ3n) is 5.05. The standard InChI is InChI=1S/C21H26N2O2/c1-15-12-18(20(24)13-16(15)2)14-23-10-8-19(9-11-23)22-21(25)17-6-4-3-5-7-17/h3-7,12-13,19,24H,8-11,14H2,1-2H3,(H,22,25). The molecule has 0 atom stereocenters. The minimum atomic E-state index is 0.00542. The van der Waals surface area contributed by atoms with Gasteiger partial charge in [0, 0.05) is 36.8 Å². The van der Waals surface area contributed by atoms with E-state index in [1.54, 1.807) is 0 Å². The number of aromatic hydroxyl groups is 1. The molecular weight excluding hydrogens is 312 g/mol. The Labute approximate surface area is 149 Å². The van der Waals surface area contributed by atoms with E-state index in [1.807, 2.05) is 43.3 Å². The highest BCUT2D eigenvalue weighted by atomic mass is 16.3. The van der Waals surface area contributed by atoms with Crippen molar-refractivity contribution in [2.45, 2.75) is 39.3 Å². The Morgan fingerprint density at radius 1 is 1.12 bits per heavy atom. The van der Waals surface area contributed by atoms with Crippen molar-refractivity contribution in [2.75, 3.05) is 13.1 Å². The number of benzene rings is 2. The van der Waals surface area contributed by atoms with E-state index in [0.717, 1.165) is 43.6 Å². The number of hydrogen-bond donors (Lipinski definition) is 2. The summed E-state index contributed by atoms with van der Waals surface area (Å²) in [6.45, 7) is 6.69. The molecule has 1 fully saturated rings. The van der Waals surface area contributed by atoms with Crippen LogP contribution in [0.25, 0.3) is 0 Å². The van der Waals surface area contributed by atoms with E-state index in [2.05, 4.69) is 23.2 Å². The molecule has 1 aliphatic rings. The first-order chi connectivity index (χ1) is 12.0. The number of nitrogens with zero attached hydrogens (tertiary/aromatic N) is 1. The van der Waals surface area contributed by atoms with Gasteiger partial charge in [-0.2, -0.15) is 0 Å². The highest BCUT2D eigenvalue weighted by molar-refractivity contribution is 5.94. The number of carbonyl (C=O) groups is 1. The average molecular weight is 338 g/mol. The number of carbonyl (C=O) groups excluding carboxylic acids is 1. The number of aryl methyl sites for hydroxylation is 2. The lowest BCUT2D eigenvalue weighted by Gasteiger charge is -2.32. The molecule has 25 heavy (non-hydrogen) atoms. The van der Waals surface area contributed by atoms with Crippen molar-refractivity contribution in [1.29, 1.82) is 0 Å². The second kappa shape index (κ2) is 7.70. The molecule has 0 aromatic heterocycles. The van der Waals surface area contributed by atoms with Gasteiger partial charge in [-0.25, -0.2) is 0 Å². The van der Waals surface area contributed by atoms with Gasteiger partial charge >= 0.3 is 0 Å². The third-order valence-corrected chi connectivity index (χ3v) is 5.05. The van der Waals surface area contributed by atoms with Gasteiger partial charge in [-0.15, -0.1) is 0 Å². The van der Waals surface area contributed by atoms with Crippen molar-refractivity contribution in [2.24, 2.45) is 0 Å². The van der Waals surface area contributed by atoms with Crippen molar-refractivity contribution < 1.29 is 9.90 Å². The van der Waals surface area contributed by atoms with Crippen LogP contribution in [0.3, 0.4) is 0 Å². The van der Waals surface area contributed by atoms with Crippen molar-refractivity contribution in [3.8, 4) is 5.75 Å². The molecule has 2 N–H and O–H groups in total. The molecule has 0 unspecified atom stereocenters. The molecule has 2 aromatic rings. The number of rotatable bonds is 4. The molecular formula is C21H26N2O2. The lowest BCUT2D eigenvalue weighted by Crippen LogP contribution is -2.44. The Balaban J connectivity index is 1.52. The number of phenols is 1. The summed E-state index contributed by atoms with van der Waals surface area (Å²) in [7, 11) is 0. The molecule has 1 aliphatic heterocycles. The molecule has 3 rings (SSSR count). The summed E-state index contributed by atoms with van der Waals surface area (Å²) in [6.07, 6.45) is 1.87. The van der Waals surface area contributed by atoms with Crippen LogP contribution in [0.4, 0.5) is 0 Å². The lowest BCUT2D eigenvalue weighted by atomic mass is 10.0. The molecule has 0 bridgehead atoms. The topological polar surface area (TPSA) is 52.6 Å². The van der Waals surface area contributed by atoms with E-state index in [-0.39, 0.29) is 11.9 Å². The zero-order valence-electron chi connectivity index (χ0n) is 15.0. The minimum absolute atomic E-state index is 0.00542. The summed E-state index contributed by atoms with van der Waals surface area (Å²) in [5.74, 6) is 0.383. The van der Waals surface area contributed by atoms with Crippen LogP contribution in [0.15, 0.2) is 42.5 Å². The van der Waals surface area contributed by atoms with Crippen LogP contribution in [0, 0.1) is 13.8 Å². The quantitative estimate of drug-likeness (QED) is 0.898. The molecule has 132 valence electrons. The summed E-state index contributed by atoms with van der Waals surface area (Å²) in [6, 6.07) is 13.5. The van der Waals surface area contributed by atoms with Crippen LogP contribution >= 0.6 is 0 Å². The van der Waals surface area contributed by atoms with E-state index < -0.39 is 0 Å². The molecule has 1 heterocycles. The summed E-state index contributed by atoms with van der Waals surface area (Å²) in [5.41, 5.74) is 4.02. The zero-order chi connectivity index (χ0) is 17.8. The predicted octanol–water partition coefficient (Wildman–Crippen LogP) is 3.40. The summed E-state index contributed by atoms with van der Waals surface area (Å²) >= 11 is 0. The van der Waals surface area contributed by atoms with Crippen LogP contribution in [0.1, 0.15) is 39.9 Å². The fraction of sp³-hybridized carbons (Fsp3) is 0.381. The van der Waals surface area contributed by atoms with Gasteiger partial charge in [0.15, 0.2) is 0 Å². The Kier molecular flexibility index (Phi) is 5.39. The highest BCUT2D eigenvalue weighted by Gasteiger charge is 2.22. The van der Waals surface area contributed by atoms with Gasteiger partial charge in [0.05, 0.1) is 0 Å².